The van der Waals surface area contributed by atoms with Crippen LogP contribution in [0.25, 0.3) is 26.1 Å². The topological polar surface area (TPSA) is 90.9 Å². The van der Waals surface area contributed by atoms with E-state index in [2.05, 4.69) is 9.97 Å². The Kier molecular flexibility index (Phi) is 3.17. The molecule has 0 saturated heterocycles. The summed E-state index contributed by atoms with van der Waals surface area (Å²) in [6.45, 7) is 1.98. The van der Waals surface area contributed by atoms with E-state index >= 15 is 0 Å². The molecule has 6 nitrogen and oxygen atoms in total. The van der Waals surface area contributed by atoms with Gasteiger partial charge < -0.3 is 5.73 Å². The number of amides is 1. The normalized spacial score (nSPS) is 11.2. The Bertz CT molecular complexity index is 1160. The van der Waals surface area contributed by atoms with Crippen LogP contribution in [0.2, 0.25) is 0 Å². The smallest absolute Gasteiger partial charge is 0.275 e. The van der Waals surface area contributed by atoms with E-state index in [1.807, 2.05) is 31.2 Å². The first kappa shape index (κ1) is 14.5. The lowest BCUT2D eigenvalue weighted by Crippen LogP contribution is -2.17. The fourth-order valence-corrected chi connectivity index (χ4v) is 3.70. The van der Waals surface area contributed by atoms with E-state index in [1.165, 1.54) is 28.4 Å². The molecule has 0 aliphatic heterocycles. The molecule has 0 aliphatic rings. The molecule has 1 amide bonds. The van der Waals surface area contributed by atoms with Gasteiger partial charge in [-0.25, -0.2) is 9.97 Å². The Morgan fingerprint density at radius 3 is 2.62 bits per heavy atom. The van der Waals surface area contributed by atoms with Gasteiger partial charge in [-0.05, 0) is 25.1 Å². The molecule has 3 heterocycles. The van der Waals surface area contributed by atoms with Crippen LogP contribution in [-0.4, -0.2) is 20.4 Å². The molecule has 2 N–H and O–H groups in total. The summed E-state index contributed by atoms with van der Waals surface area (Å²) in [5, 5.41) is 0.540. The Morgan fingerprint density at radius 2 is 1.92 bits per heavy atom. The number of carbonyl (C=O) groups excluding carboxylic acids is 1. The zero-order valence-electron chi connectivity index (χ0n) is 12.7. The molecule has 1 aromatic carbocycles. The minimum atomic E-state index is -0.563. The van der Waals surface area contributed by atoms with E-state index in [9.17, 15) is 9.59 Å². The monoisotopic (exact) mass is 336 g/mol. The number of carbonyl (C=O) groups is 1. The maximum absolute atomic E-state index is 12.9. The van der Waals surface area contributed by atoms with Crippen LogP contribution in [0, 0.1) is 6.92 Å². The van der Waals surface area contributed by atoms with Gasteiger partial charge in [0, 0.05) is 6.20 Å². The van der Waals surface area contributed by atoms with Crippen molar-refractivity contribution in [1.29, 1.82) is 0 Å². The highest BCUT2D eigenvalue weighted by molar-refractivity contribution is 7.25. The number of thiophene rings is 1. The number of rotatable bonds is 2. The molecule has 0 aliphatic carbocycles. The third-order valence-electron chi connectivity index (χ3n) is 3.86. The Morgan fingerprint density at radius 1 is 1.17 bits per heavy atom. The summed E-state index contributed by atoms with van der Waals surface area (Å²) in [4.78, 5) is 33.7. The number of hydrogen-bond donors (Lipinski definition) is 1. The van der Waals surface area contributed by atoms with E-state index in [0.717, 1.165) is 11.3 Å². The van der Waals surface area contributed by atoms with E-state index < -0.39 is 5.91 Å². The van der Waals surface area contributed by atoms with Gasteiger partial charge in [0.25, 0.3) is 5.56 Å². The molecule has 0 fully saturated rings. The predicted molar refractivity (Wildman–Crippen MR) is 93.8 cm³/mol. The van der Waals surface area contributed by atoms with Crippen LogP contribution in [0.15, 0.2) is 47.7 Å². The number of pyridine rings is 1. The molecule has 4 rings (SSSR count). The summed E-state index contributed by atoms with van der Waals surface area (Å²) in [5.41, 5.74) is 7.87. The van der Waals surface area contributed by atoms with Crippen molar-refractivity contribution >= 4 is 37.7 Å². The summed E-state index contributed by atoms with van der Waals surface area (Å²) < 4.78 is 1.94. The highest BCUT2D eigenvalue weighted by Gasteiger charge is 2.18. The molecule has 118 valence electrons. The Balaban J connectivity index is 2.06. The zero-order valence-corrected chi connectivity index (χ0v) is 13.5. The quantitative estimate of drug-likeness (QED) is 0.608. The number of benzene rings is 1. The van der Waals surface area contributed by atoms with Crippen LogP contribution in [0.1, 0.15) is 15.9 Å². The molecule has 0 bridgehead atoms. The summed E-state index contributed by atoms with van der Waals surface area (Å²) in [5.74, 6) is -0.563. The van der Waals surface area contributed by atoms with Crippen molar-refractivity contribution in [3.63, 3.8) is 0 Å². The van der Waals surface area contributed by atoms with Crippen LogP contribution >= 0.6 is 11.3 Å². The molecule has 3 aromatic heterocycles. The number of nitrogens with zero attached hydrogens (tertiary/aromatic N) is 3. The standard InChI is InChI=1S/C17H12N4O2S/c1-9-2-4-10(5-3-9)21-8-20-13-12-11(15(18)22)6-7-19-16(12)24-14(13)17(21)23/h2-8H,1H3,(H2,18,22). The lowest BCUT2D eigenvalue weighted by molar-refractivity contribution is 0.100. The number of primary amides is 1. The first-order valence-corrected chi connectivity index (χ1v) is 8.03. The molecule has 7 heteroatoms. The second-order valence-electron chi connectivity index (χ2n) is 5.44. The van der Waals surface area contributed by atoms with Gasteiger partial charge in [0.1, 0.15) is 15.9 Å². The van der Waals surface area contributed by atoms with E-state index in [0.29, 0.717) is 26.0 Å². The van der Waals surface area contributed by atoms with Crippen LogP contribution in [-0.2, 0) is 0 Å². The van der Waals surface area contributed by atoms with Gasteiger partial charge in [-0.3, -0.25) is 14.2 Å². The highest BCUT2D eigenvalue weighted by atomic mass is 32.1. The van der Waals surface area contributed by atoms with Gasteiger partial charge in [-0.15, -0.1) is 11.3 Å². The fraction of sp³-hybridized carbons (Fsp3) is 0.0588. The SMILES string of the molecule is Cc1ccc(-n2cnc3c(sc4nccc(C(N)=O)c43)c2=O)cc1. The van der Waals surface area contributed by atoms with Crippen molar-refractivity contribution in [3.8, 4) is 5.69 Å². The number of nitrogens with two attached hydrogens (primary N) is 1. The van der Waals surface area contributed by atoms with Gasteiger partial charge in [0.2, 0.25) is 5.91 Å². The van der Waals surface area contributed by atoms with Gasteiger partial charge >= 0.3 is 0 Å². The lowest BCUT2D eigenvalue weighted by atomic mass is 10.1. The number of aromatic nitrogens is 3. The fourth-order valence-electron chi connectivity index (χ4n) is 2.65. The average molecular weight is 336 g/mol. The molecular weight excluding hydrogens is 324 g/mol. The Labute approximate surface area is 140 Å². The first-order chi connectivity index (χ1) is 11.6. The van der Waals surface area contributed by atoms with Gasteiger partial charge in [-0.2, -0.15) is 0 Å². The van der Waals surface area contributed by atoms with Crippen LogP contribution in [0.4, 0.5) is 0 Å². The van der Waals surface area contributed by atoms with Crippen molar-refractivity contribution in [1.82, 2.24) is 14.5 Å². The molecule has 0 atom stereocenters. The molecular formula is C17H12N4O2S. The first-order valence-electron chi connectivity index (χ1n) is 7.22. The summed E-state index contributed by atoms with van der Waals surface area (Å²) >= 11 is 1.22. The van der Waals surface area contributed by atoms with Crippen LogP contribution in [0.3, 0.4) is 0 Å². The van der Waals surface area contributed by atoms with Crippen LogP contribution in [0.5, 0.6) is 0 Å². The van der Waals surface area contributed by atoms with Crippen molar-refractivity contribution in [2.75, 3.05) is 0 Å². The third kappa shape index (κ3) is 2.10. The molecule has 0 spiro atoms. The summed E-state index contributed by atoms with van der Waals surface area (Å²) in [6, 6.07) is 9.15. The predicted octanol–water partition coefficient (Wildman–Crippen LogP) is 2.40. The second-order valence-corrected chi connectivity index (χ2v) is 6.44. The molecule has 0 saturated carbocycles. The molecule has 4 aromatic rings. The van der Waals surface area contributed by atoms with Crippen molar-refractivity contribution < 1.29 is 4.79 Å². The van der Waals surface area contributed by atoms with Gasteiger partial charge in [0.05, 0.1) is 22.2 Å². The number of hydrogen-bond acceptors (Lipinski definition) is 5. The number of aryl methyl sites for hydroxylation is 1. The average Bonchev–Trinajstić information content (AvgIpc) is 2.96. The van der Waals surface area contributed by atoms with Crippen molar-refractivity contribution in [3.05, 3.63) is 64.3 Å². The Hall–Kier alpha value is -3.06. The van der Waals surface area contributed by atoms with E-state index in [-0.39, 0.29) is 5.56 Å². The van der Waals surface area contributed by atoms with E-state index in [1.54, 1.807) is 6.07 Å². The molecule has 0 unspecified atom stereocenters. The lowest BCUT2D eigenvalue weighted by Gasteiger charge is -2.05. The van der Waals surface area contributed by atoms with Crippen molar-refractivity contribution in [2.24, 2.45) is 5.73 Å². The van der Waals surface area contributed by atoms with E-state index in [4.69, 9.17) is 5.73 Å². The highest BCUT2D eigenvalue weighted by Crippen LogP contribution is 2.31. The van der Waals surface area contributed by atoms with Crippen molar-refractivity contribution in [2.45, 2.75) is 6.92 Å². The minimum Gasteiger partial charge on any atom is -0.366 e. The van der Waals surface area contributed by atoms with Gasteiger partial charge in [-0.1, -0.05) is 17.7 Å². The van der Waals surface area contributed by atoms with Crippen LogP contribution < -0.4 is 11.3 Å². The molecule has 24 heavy (non-hydrogen) atoms. The minimum absolute atomic E-state index is 0.192. The second kappa shape index (κ2) is 5.24. The number of fused-ring (bicyclic) bond motifs is 3. The summed E-state index contributed by atoms with van der Waals surface area (Å²) in [7, 11) is 0. The van der Waals surface area contributed by atoms with Gasteiger partial charge in [0.15, 0.2) is 0 Å². The zero-order chi connectivity index (χ0) is 16.8. The maximum atomic E-state index is 12.9. The molecule has 0 radical (unpaired) electrons. The maximum Gasteiger partial charge on any atom is 0.275 e. The summed E-state index contributed by atoms with van der Waals surface area (Å²) in [6.07, 6.45) is 2.98. The largest absolute Gasteiger partial charge is 0.366 e. The third-order valence-corrected chi connectivity index (χ3v) is 4.93.